The van der Waals surface area contributed by atoms with Gasteiger partial charge < -0.3 is 10.9 Å². The number of hydrogen-bond acceptors (Lipinski definition) is 4. The molecule has 5 heteroatoms. The van der Waals surface area contributed by atoms with Crippen molar-refractivity contribution in [2.24, 2.45) is 10.9 Å². The van der Waals surface area contributed by atoms with Crippen LogP contribution >= 0.6 is 11.3 Å². The minimum absolute atomic E-state index is 0.0728. The molecule has 0 saturated carbocycles. The first-order valence-corrected chi connectivity index (χ1v) is 7.96. The number of oxime groups is 1. The Kier molecular flexibility index (Phi) is 4.22. The van der Waals surface area contributed by atoms with E-state index < -0.39 is 0 Å². The van der Waals surface area contributed by atoms with E-state index in [1.807, 2.05) is 41.7 Å². The molecule has 0 radical (unpaired) electrons. The van der Waals surface area contributed by atoms with E-state index in [0.29, 0.717) is 0 Å². The van der Waals surface area contributed by atoms with Crippen LogP contribution in [-0.2, 0) is 13.0 Å². The van der Waals surface area contributed by atoms with E-state index in [0.717, 1.165) is 31.6 Å². The Morgan fingerprint density at radius 2 is 2.14 bits per heavy atom. The molecule has 0 bridgehead atoms. The van der Waals surface area contributed by atoms with Gasteiger partial charge in [-0.15, -0.1) is 11.3 Å². The molecule has 0 spiro atoms. The Hall–Kier alpha value is -1.85. The number of hydrogen-bond donors (Lipinski definition) is 2. The summed E-state index contributed by atoms with van der Waals surface area (Å²) in [6, 6.07) is 12.2. The monoisotopic (exact) mass is 301 g/mol. The summed E-state index contributed by atoms with van der Waals surface area (Å²) < 4.78 is 0. The van der Waals surface area contributed by atoms with Gasteiger partial charge >= 0.3 is 0 Å². The number of amidine groups is 1. The van der Waals surface area contributed by atoms with Crippen molar-refractivity contribution in [1.82, 2.24) is 4.90 Å². The van der Waals surface area contributed by atoms with Crippen molar-refractivity contribution in [2.45, 2.75) is 18.9 Å². The molecule has 21 heavy (non-hydrogen) atoms. The molecular formula is C16H19N3OS. The van der Waals surface area contributed by atoms with Crippen molar-refractivity contribution in [3.8, 4) is 0 Å². The Bertz CT molecular complexity index is 623. The third kappa shape index (κ3) is 3.09. The van der Waals surface area contributed by atoms with Crippen LogP contribution in [0.2, 0.25) is 0 Å². The molecular weight excluding hydrogens is 282 g/mol. The Morgan fingerprint density at radius 1 is 1.33 bits per heavy atom. The second-order valence-electron chi connectivity index (χ2n) is 5.34. The van der Waals surface area contributed by atoms with Gasteiger partial charge in [-0.1, -0.05) is 35.5 Å². The Morgan fingerprint density at radius 3 is 2.90 bits per heavy atom. The highest BCUT2D eigenvalue weighted by Gasteiger charge is 2.23. The fourth-order valence-corrected chi connectivity index (χ4v) is 3.74. The quantitative estimate of drug-likeness (QED) is 0.395. The van der Waals surface area contributed by atoms with E-state index in [1.165, 1.54) is 10.4 Å². The van der Waals surface area contributed by atoms with Crippen molar-refractivity contribution < 1.29 is 5.21 Å². The highest BCUT2D eigenvalue weighted by atomic mass is 32.1. The maximum Gasteiger partial charge on any atom is 0.147 e. The molecule has 0 fully saturated rings. The van der Waals surface area contributed by atoms with Gasteiger partial charge in [-0.25, -0.2) is 0 Å². The van der Waals surface area contributed by atoms with Crippen LogP contribution in [0.25, 0.3) is 0 Å². The summed E-state index contributed by atoms with van der Waals surface area (Å²) in [7, 11) is 0. The van der Waals surface area contributed by atoms with Gasteiger partial charge in [-0.2, -0.15) is 0 Å². The largest absolute Gasteiger partial charge is 0.409 e. The van der Waals surface area contributed by atoms with Gasteiger partial charge in [0, 0.05) is 24.5 Å². The van der Waals surface area contributed by atoms with Crippen LogP contribution in [-0.4, -0.2) is 29.0 Å². The zero-order valence-corrected chi connectivity index (χ0v) is 12.6. The van der Waals surface area contributed by atoms with Crippen molar-refractivity contribution in [2.75, 3.05) is 13.1 Å². The topological polar surface area (TPSA) is 61.9 Å². The fourth-order valence-electron chi connectivity index (χ4n) is 2.85. The first-order chi connectivity index (χ1) is 10.3. The number of nitrogens with zero attached hydrogens (tertiary/aromatic N) is 2. The summed E-state index contributed by atoms with van der Waals surface area (Å²) in [6.45, 7) is 2.74. The number of rotatable bonds is 4. The van der Waals surface area contributed by atoms with Gasteiger partial charge in [0.05, 0.1) is 5.92 Å². The molecule has 1 aliphatic heterocycles. The van der Waals surface area contributed by atoms with Crippen molar-refractivity contribution in [3.05, 3.63) is 57.8 Å². The second-order valence-corrected chi connectivity index (χ2v) is 6.34. The van der Waals surface area contributed by atoms with E-state index in [2.05, 4.69) is 21.5 Å². The highest BCUT2D eigenvalue weighted by Crippen LogP contribution is 2.26. The lowest BCUT2D eigenvalue weighted by atomic mass is 9.96. The second kappa shape index (κ2) is 6.28. The average molecular weight is 301 g/mol. The SMILES string of the molecule is NC(=NO)C(CN1CCc2sccc2C1)c1ccccc1. The average Bonchev–Trinajstić information content (AvgIpc) is 3.00. The van der Waals surface area contributed by atoms with Gasteiger partial charge in [0.1, 0.15) is 5.84 Å². The maximum atomic E-state index is 9.07. The minimum atomic E-state index is -0.0728. The van der Waals surface area contributed by atoms with Gasteiger partial charge in [-0.3, -0.25) is 4.90 Å². The molecule has 2 heterocycles. The lowest BCUT2D eigenvalue weighted by molar-refractivity contribution is 0.250. The van der Waals surface area contributed by atoms with Crippen LogP contribution in [0, 0.1) is 0 Å². The molecule has 110 valence electrons. The summed E-state index contributed by atoms with van der Waals surface area (Å²) in [4.78, 5) is 3.87. The zero-order valence-electron chi connectivity index (χ0n) is 11.8. The molecule has 1 aliphatic rings. The van der Waals surface area contributed by atoms with Crippen molar-refractivity contribution in [1.29, 1.82) is 0 Å². The summed E-state index contributed by atoms with van der Waals surface area (Å²) in [5.74, 6) is 0.203. The molecule has 0 aliphatic carbocycles. The van der Waals surface area contributed by atoms with Gasteiger partial charge in [0.2, 0.25) is 0 Å². The zero-order chi connectivity index (χ0) is 14.7. The number of nitrogens with two attached hydrogens (primary N) is 1. The van der Waals surface area contributed by atoms with E-state index in [4.69, 9.17) is 10.9 Å². The van der Waals surface area contributed by atoms with Crippen LogP contribution < -0.4 is 5.73 Å². The molecule has 3 N–H and O–H groups in total. The number of thiophene rings is 1. The van der Waals surface area contributed by atoms with Crippen molar-refractivity contribution in [3.63, 3.8) is 0 Å². The van der Waals surface area contributed by atoms with Gasteiger partial charge in [0.15, 0.2) is 0 Å². The van der Waals surface area contributed by atoms with E-state index in [9.17, 15) is 0 Å². The minimum Gasteiger partial charge on any atom is -0.409 e. The standard InChI is InChI=1S/C16H19N3OS/c17-16(18-20)14(12-4-2-1-3-5-12)11-19-8-6-15-13(10-19)7-9-21-15/h1-5,7,9,14,20H,6,8,10-11H2,(H2,17,18). The molecule has 1 atom stereocenters. The molecule has 0 amide bonds. The normalized spacial score (nSPS) is 17.4. The van der Waals surface area contributed by atoms with Crippen LogP contribution in [0.1, 0.15) is 21.9 Å². The molecule has 3 rings (SSSR count). The van der Waals surface area contributed by atoms with E-state index >= 15 is 0 Å². The first kappa shape index (κ1) is 14.1. The van der Waals surface area contributed by atoms with Crippen molar-refractivity contribution >= 4 is 17.2 Å². The molecule has 1 aromatic heterocycles. The maximum absolute atomic E-state index is 9.07. The van der Waals surface area contributed by atoms with E-state index in [1.54, 1.807) is 0 Å². The first-order valence-electron chi connectivity index (χ1n) is 7.08. The summed E-state index contributed by atoms with van der Waals surface area (Å²) in [6.07, 6.45) is 1.09. The van der Waals surface area contributed by atoms with Crippen LogP contribution in [0.3, 0.4) is 0 Å². The fraction of sp³-hybridized carbons (Fsp3) is 0.312. The summed E-state index contributed by atoms with van der Waals surface area (Å²) >= 11 is 1.84. The van der Waals surface area contributed by atoms with E-state index in [-0.39, 0.29) is 11.8 Å². The number of fused-ring (bicyclic) bond motifs is 1. The molecule has 0 saturated heterocycles. The van der Waals surface area contributed by atoms with Crippen LogP contribution in [0.4, 0.5) is 0 Å². The molecule has 4 nitrogen and oxygen atoms in total. The van der Waals surface area contributed by atoms with Gasteiger partial charge in [-0.05, 0) is 29.0 Å². The molecule has 2 aromatic rings. The highest BCUT2D eigenvalue weighted by molar-refractivity contribution is 7.10. The third-order valence-corrected chi connectivity index (χ3v) is 5.02. The van der Waals surface area contributed by atoms with Gasteiger partial charge in [0.25, 0.3) is 0 Å². The Labute approximate surface area is 128 Å². The Balaban J connectivity index is 1.77. The summed E-state index contributed by atoms with van der Waals surface area (Å²) in [5, 5.41) is 14.5. The molecule has 1 unspecified atom stereocenters. The van der Waals surface area contributed by atoms with Crippen LogP contribution in [0.5, 0.6) is 0 Å². The third-order valence-electron chi connectivity index (χ3n) is 4.00. The predicted molar refractivity (Wildman–Crippen MR) is 85.9 cm³/mol. The molecule has 1 aromatic carbocycles. The number of benzene rings is 1. The summed E-state index contributed by atoms with van der Waals surface area (Å²) in [5.41, 5.74) is 8.42. The smallest absolute Gasteiger partial charge is 0.147 e. The lowest BCUT2D eigenvalue weighted by Gasteiger charge is -2.30. The lowest BCUT2D eigenvalue weighted by Crippen LogP contribution is -2.37. The van der Waals surface area contributed by atoms with Crippen LogP contribution in [0.15, 0.2) is 46.9 Å². The predicted octanol–water partition coefficient (Wildman–Crippen LogP) is 2.64.